The smallest absolute Gasteiger partial charge is 0.167 e. The van der Waals surface area contributed by atoms with Crippen molar-refractivity contribution in [2.24, 2.45) is 5.73 Å². The average molecular weight is 316 g/mol. The van der Waals surface area contributed by atoms with Crippen LogP contribution in [0.4, 0.5) is 0 Å². The fourth-order valence-corrected chi connectivity index (χ4v) is 2.86. The molecule has 5 nitrogen and oxygen atoms in total. The van der Waals surface area contributed by atoms with Gasteiger partial charge in [0.2, 0.25) is 0 Å². The molecule has 0 aliphatic rings. The maximum Gasteiger partial charge on any atom is 0.167 e. The van der Waals surface area contributed by atoms with E-state index in [0.717, 1.165) is 33.5 Å². The van der Waals surface area contributed by atoms with Crippen molar-refractivity contribution in [3.63, 3.8) is 0 Å². The monoisotopic (exact) mass is 316 g/mol. The Labute approximate surface area is 139 Å². The summed E-state index contributed by atoms with van der Waals surface area (Å²) in [6.07, 6.45) is 5.96. The standard InChI is InChI=1S/C19H16N4O/c20-17(11-13-5-3-4-9-22-13)14-8-10-21-12-16(14)19-15-6-1-2-7-18(15)24-23-19/h1-10,12,17H,11,20H2/t17-/m0/s1. The second kappa shape index (κ2) is 6.22. The van der Waals surface area contributed by atoms with Crippen LogP contribution in [-0.4, -0.2) is 15.1 Å². The predicted molar refractivity (Wildman–Crippen MR) is 92.1 cm³/mol. The van der Waals surface area contributed by atoms with Gasteiger partial charge >= 0.3 is 0 Å². The lowest BCUT2D eigenvalue weighted by Crippen LogP contribution is -2.15. The van der Waals surface area contributed by atoms with Crippen molar-refractivity contribution >= 4 is 11.0 Å². The number of aromatic nitrogens is 3. The molecule has 1 aromatic carbocycles. The Morgan fingerprint density at radius 2 is 1.88 bits per heavy atom. The van der Waals surface area contributed by atoms with E-state index in [0.29, 0.717) is 6.42 Å². The highest BCUT2D eigenvalue weighted by Gasteiger charge is 2.18. The fraction of sp³-hybridized carbons (Fsp3) is 0.105. The molecule has 24 heavy (non-hydrogen) atoms. The maximum absolute atomic E-state index is 6.45. The summed E-state index contributed by atoms with van der Waals surface area (Å²) < 4.78 is 5.43. The van der Waals surface area contributed by atoms with Crippen molar-refractivity contribution < 1.29 is 4.52 Å². The van der Waals surface area contributed by atoms with Crippen molar-refractivity contribution in [3.05, 3.63) is 78.4 Å². The molecule has 0 radical (unpaired) electrons. The number of benzene rings is 1. The molecule has 118 valence electrons. The molecule has 0 aliphatic heterocycles. The van der Waals surface area contributed by atoms with Crippen LogP contribution in [-0.2, 0) is 6.42 Å². The minimum Gasteiger partial charge on any atom is -0.356 e. The molecule has 3 heterocycles. The Bertz CT molecular complexity index is 965. The van der Waals surface area contributed by atoms with E-state index in [-0.39, 0.29) is 6.04 Å². The summed E-state index contributed by atoms with van der Waals surface area (Å²) in [5.74, 6) is 0. The van der Waals surface area contributed by atoms with Crippen LogP contribution in [0.25, 0.3) is 22.2 Å². The molecule has 0 amide bonds. The summed E-state index contributed by atoms with van der Waals surface area (Å²) >= 11 is 0. The van der Waals surface area contributed by atoms with Crippen molar-refractivity contribution in [1.82, 2.24) is 15.1 Å². The zero-order valence-electron chi connectivity index (χ0n) is 13.0. The highest BCUT2D eigenvalue weighted by Crippen LogP contribution is 2.32. The van der Waals surface area contributed by atoms with E-state index in [9.17, 15) is 0 Å². The van der Waals surface area contributed by atoms with E-state index in [1.165, 1.54) is 0 Å². The number of fused-ring (bicyclic) bond motifs is 1. The molecule has 3 aromatic heterocycles. The topological polar surface area (TPSA) is 77.8 Å². The summed E-state index contributed by atoms with van der Waals surface area (Å²) in [6, 6.07) is 15.4. The lowest BCUT2D eigenvalue weighted by atomic mass is 9.96. The number of nitrogens with two attached hydrogens (primary N) is 1. The summed E-state index contributed by atoms with van der Waals surface area (Å²) in [5, 5.41) is 5.18. The fourth-order valence-electron chi connectivity index (χ4n) is 2.86. The summed E-state index contributed by atoms with van der Waals surface area (Å²) in [4.78, 5) is 8.60. The zero-order chi connectivity index (χ0) is 16.4. The van der Waals surface area contributed by atoms with Gasteiger partial charge in [0.25, 0.3) is 0 Å². The normalized spacial score (nSPS) is 12.4. The highest BCUT2D eigenvalue weighted by atomic mass is 16.5. The van der Waals surface area contributed by atoms with Gasteiger partial charge in [0.15, 0.2) is 5.58 Å². The number of nitrogens with zero attached hydrogens (tertiary/aromatic N) is 3. The first-order chi connectivity index (χ1) is 11.8. The quantitative estimate of drug-likeness (QED) is 0.623. The number of hydrogen-bond acceptors (Lipinski definition) is 5. The van der Waals surface area contributed by atoms with E-state index in [2.05, 4.69) is 15.1 Å². The molecule has 1 atom stereocenters. The van der Waals surface area contributed by atoms with Crippen LogP contribution in [0.1, 0.15) is 17.3 Å². The van der Waals surface area contributed by atoms with E-state index in [1.807, 2.05) is 48.5 Å². The third-order valence-corrected chi connectivity index (χ3v) is 4.04. The molecule has 0 saturated heterocycles. The molecule has 0 unspecified atom stereocenters. The maximum atomic E-state index is 6.45. The molecule has 0 bridgehead atoms. The molecular weight excluding hydrogens is 300 g/mol. The van der Waals surface area contributed by atoms with Gasteiger partial charge in [0.1, 0.15) is 5.69 Å². The van der Waals surface area contributed by atoms with E-state index in [4.69, 9.17) is 10.3 Å². The number of hydrogen-bond donors (Lipinski definition) is 1. The minimum absolute atomic E-state index is 0.201. The van der Waals surface area contributed by atoms with E-state index in [1.54, 1.807) is 18.6 Å². The second-order valence-corrected chi connectivity index (χ2v) is 5.62. The van der Waals surface area contributed by atoms with Crippen molar-refractivity contribution in [1.29, 1.82) is 0 Å². The molecule has 5 heteroatoms. The van der Waals surface area contributed by atoms with Crippen LogP contribution in [0.2, 0.25) is 0 Å². The SMILES string of the molecule is N[C@@H](Cc1ccccn1)c1ccncc1-c1noc2ccccc12. The Morgan fingerprint density at radius 1 is 1.00 bits per heavy atom. The van der Waals surface area contributed by atoms with Gasteiger partial charge < -0.3 is 10.3 Å². The second-order valence-electron chi connectivity index (χ2n) is 5.62. The van der Waals surface area contributed by atoms with Crippen LogP contribution in [0.15, 0.2) is 71.6 Å². The van der Waals surface area contributed by atoms with Crippen molar-refractivity contribution in [3.8, 4) is 11.3 Å². The van der Waals surface area contributed by atoms with Gasteiger partial charge in [-0.25, -0.2) is 0 Å². The molecule has 0 spiro atoms. The Kier molecular flexibility index (Phi) is 3.76. The van der Waals surface area contributed by atoms with Crippen molar-refractivity contribution in [2.75, 3.05) is 0 Å². The molecule has 4 aromatic rings. The van der Waals surface area contributed by atoms with Gasteiger partial charge in [-0.15, -0.1) is 0 Å². The van der Waals surface area contributed by atoms with Crippen LogP contribution in [0.5, 0.6) is 0 Å². The largest absolute Gasteiger partial charge is 0.356 e. The van der Waals surface area contributed by atoms with Gasteiger partial charge in [-0.05, 0) is 35.9 Å². The molecular formula is C19H16N4O. The molecule has 4 rings (SSSR count). The Balaban J connectivity index is 1.75. The van der Waals surface area contributed by atoms with Crippen LogP contribution >= 0.6 is 0 Å². The zero-order valence-corrected chi connectivity index (χ0v) is 13.0. The highest BCUT2D eigenvalue weighted by molar-refractivity contribution is 5.92. The van der Waals surface area contributed by atoms with Crippen LogP contribution < -0.4 is 5.73 Å². The number of rotatable bonds is 4. The average Bonchev–Trinajstić information content (AvgIpc) is 3.06. The van der Waals surface area contributed by atoms with Crippen molar-refractivity contribution in [2.45, 2.75) is 12.5 Å². The molecule has 0 saturated carbocycles. The molecule has 2 N–H and O–H groups in total. The van der Waals surface area contributed by atoms with Crippen LogP contribution in [0, 0.1) is 0 Å². The lowest BCUT2D eigenvalue weighted by molar-refractivity contribution is 0.459. The Morgan fingerprint density at radius 3 is 2.75 bits per heavy atom. The van der Waals surface area contributed by atoms with Gasteiger partial charge in [0, 0.05) is 47.7 Å². The van der Waals surface area contributed by atoms with Gasteiger partial charge in [-0.3, -0.25) is 9.97 Å². The van der Waals surface area contributed by atoms with Gasteiger partial charge in [-0.2, -0.15) is 0 Å². The third-order valence-electron chi connectivity index (χ3n) is 4.04. The predicted octanol–water partition coefficient (Wildman–Crippen LogP) is 3.53. The summed E-state index contributed by atoms with van der Waals surface area (Å²) in [5.41, 5.74) is 10.8. The van der Waals surface area contributed by atoms with Gasteiger partial charge in [-0.1, -0.05) is 23.4 Å². The molecule has 0 aliphatic carbocycles. The summed E-state index contributed by atoms with van der Waals surface area (Å²) in [7, 11) is 0. The molecule has 0 fully saturated rings. The summed E-state index contributed by atoms with van der Waals surface area (Å²) in [6.45, 7) is 0. The first kappa shape index (κ1) is 14.5. The number of pyridine rings is 2. The van der Waals surface area contributed by atoms with Crippen LogP contribution in [0.3, 0.4) is 0 Å². The van der Waals surface area contributed by atoms with E-state index >= 15 is 0 Å². The minimum atomic E-state index is -0.201. The first-order valence-corrected chi connectivity index (χ1v) is 7.77. The number of para-hydroxylation sites is 1. The third kappa shape index (κ3) is 2.66. The lowest BCUT2D eigenvalue weighted by Gasteiger charge is -2.14. The van der Waals surface area contributed by atoms with E-state index < -0.39 is 0 Å². The van der Waals surface area contributed by atoms with Gasteiger partial charge in [0.05, 0.1) is 0 Å². The first-order valence-electron chi connectivity index (χ1n) is 7.77. The Hall–Kier alpha value is -3.05.